The van der Waals surface area contributed by atoms with Gasteiger partial charge in [-0.25, -0.2) is 26.5 Å². The number of anilines is 1. The SMILES string of the molecule is Cc1ccccc1[C@@]1(CC(S(=O)(=O)c2ccccc2)S(=O)(=O)c2ccccc2)C(=O)N(C(=O)OC(C)(C)C)c2ccccc21. The van der Waals surface area contributed by atoms with Gasteiger partial charge in [0.25, 0.3) is 5.91 Å². The van der Waals surface area contributed by atoms with Crippen LogP contribution < -0.4 is 4.90 Å². The first kappa shape index (κ1) is 31.2. The summed E-state index contributed by atoms with van der Waals surface area (Å²) in [6.07, 6.45) is -1.64. The van der Waals surface area contributed by atoms with Crippen molar-refractivity contribution >= 4 is 37.4 Å². The Morgan fingerprint density at radius 1 is 0.727 bits per heavy atom. The molecule has 1 atom stereocenters. The van der Waals surface area contributed by atoms with E-state index in [1.807, 2.05) is 0 Å². The zero-order chi connectivity index (χ0) is 31.9. The van der Waals surface area contributed by atoms with Gasteiger partial charge in [0.05, 0.1) is 15.5 Å². The third kappa shape index (κ3) is 5.33. The predicted octanol–water partition coefficient (Wildman–Crippen LogP) is 6.23. The summed E-state index contributed by atoms with van der Waals surface area (Å²) in [6, 6.07) is 28.1. The summed E-state index contributed by atoms with van der Waals surface area (Å²) in [4.78, 5) is 29.0. The highest BCUT2D eigenvalue weighted by Gasteiger charge is 2.59. The summed E-state index contributed by atoms with van der Waals surface area (Å²) in [7, 11) is -9.24. The molecule has 2 amide bonds. The number of ether oxygens (including phenoxy) is 1. The molecule has 0 radical (unpaired) electrons. The van der Waals surface area contributed by atoms with E-state index in [0.29, 0.717) is 16.7 Å². The third-order valence-electron chi connectivity index (χ3n) is 7.66. The molecule has 0 saturated carbocycles. The normalized spacial score (nSPS) is 17.0. The lowest BCUT2D eigenvalue weighted by Crippen LogP contribution is -2.49. The number of sulfone groups is 2. The maximum Gasteiger partial charge on any atom is 0.421 e. The Bertz CT molecular complexity index is 1860. The Morgan fingerprint density at radius 2 is 1.18 bits per heavy atom. The molecular formula is C34H33NO7S2. The highest BCUT2D eigenvalue weighted by Crippen LogP contribution is 2.52. The van der Waals surface area contributed by atoms with E-state index in [4.69, 9.17) is 4.74 Å². The fraction of sp³-hybridized carbons (Fsp3) is 0.235. The van der Waals surface area contributed by atoms with Gasteiger partial charge in [-0.15, -0.1) is 0 Å². The van der Waals surface area contributed by atoms with Crippen molar-refractivity contribution in [3.05, 3.63) is 126 Å². The molecule has 44 heavy (non-hydrogen) atoms. The first-order chi connectivity index (χ1) is 20.7. The summed E-state index contributed by atoms with van der Waals surface area (Å²) >= 11 is 0. The molecule has 4 aromatic carbocycles. The lowest BCUT2D eigenvalue weighted by Gasteiger charge is -2.34. The molecule has 0 fully saturated rings. The van der Waals surface area contributed by atoms with Gasteiger partial charge < -0.3 is 4.74 Å². The average Bonchev–Trinajstić information content (AvgIpc) is 3.24. The summed E-state index contributed by atoms with van der Waals surface area (Å²) in [5, 5.41) is 0. The van der Waals surface area contributed by atoms with Crippen LogP contribution in [0.5, 0.6) is 0 Å². The van der Waals surface area contributed by atoms with Crippen molar-refractivity contribution in [2.24, 2.45) is 0 Å². The molecule has 0 N–H and O–H groups in total. The maximum absolute atomic E-state index is 14.9. The number of hydrogen-bond donors (Lipinski definition) is 0. The van der Waals surface area contributed by atoms with Crippen molar-refractivity contribution < 1.29 is 31.2 Å². The molecular weight excluding hydrogens is 599 g/mol. The topological polar surface area (TPSA) is 115 Å². The van der Waals surface area contributed by atoms with Gasteiger partial charge in [-0.1, -0.05) is 78.9 Å². The second-order valence-corrected chi connectivity index (χ2v) is 16.3. The van der Waals surface area contributed by atoms with Crippen LogP contribution in [0.1, 0.15) is 43.9 Å². The number of imide groups is 1. The zero-order valence-electron chi connectivity index (χ0n) is 24.8. The van der Waals surface area contributed by atoms with E-state index in [0.717, 1.165) is 4.90 Å². The van der Waals surface area contributed by atoms with Crippen LogP contribution in [0.4, 0.5) is 10.5 Å². The van der Waals surface area contributed by atoms with Gasteiger partial charge >= 0.3 is 6.09 Å². The molecule has 0 unspecified atom stereocenters. The molecule has 0 aliphatic carbocycles. The van der Waals surface area contributed by atoms with Crippen LogP contribution >= 0.6 is 0 Å². The average molecular weight is 632 g/mol. The van der Waals surface area contributed by atoms with Gasteiger partial charge in [0.1, 0.15) is 11.0 Å². The Morgan fingerprint density at radius 3 is 1.68 bits per heavy atom. The van der Waals surface area contributed by atoms with Crippen molar-refractivity contribution in [3.63, 3.8) is 0 Å². The molecule has 0 spiro atoms. The van der Waals surface area contributed by atoms with Gasteiger partial charge in [0.15, 0.2) is 24.3 Å². The lowest BCUT2D eigenvalue weighted by molar-refractivity contribution is -0.121. The monoisotopic (exact) mass is 631 g/mol. The molecule has 1 aliphatic rings. The number of rotatable bonds is 7. The third-order valence-corrected chi connectivity index (χ3v) is 12.8. The highest BCUT2D eigenvalue weighted by atomic mass is 32.3. The first-order valence-corrected chi connectivity index (χ1v) is 17.1. The summed E-state index contributed by atoms with van der Waals surface area (Å²) in [5.74, 6) is -0.793. The molecule has 5 rings (SSSR count). The minimum Gasteiger partial charge on any atom is -0.443 e. The van der Waals surface area contributed by atoms with Crippen LogP contribution in [0.15, 0.2) is 119 Å². The van der Waals surface area contributed by atoms with E-state index in [1.165, 1.54) is 48.5 Å². The van der Waals surface area contributed by atoms with Crippen LogP contribution in [-0.4, -0.2) is 39.0 Å². The van der Waals surface area contributed by atoms with Crippen molar-refractivity contribution in [1.82, 2.24) is 0 Å². The van der Waals surface area contributed by atoms with Crippen molar-refractivity contribution in [3.8, 4) is 0 Å². The first-order valence-electron chi connectivity index (χ1n) is 14.0. The molecule has 8 nitrogen and oxygen atoms in total. The number of carbonyl (C=O) groups is 2. The zero-order valence-corrected chi connectivity index (χ0v) is 26.4. The second-order valence-electron chi connectivity index (χ2n) is 11.7. The summed E-state index contributed by atoms with van der Waals surface area (Å²) in [6.45, 7) is 6.76. The van der Waals surface area contributed by atoms with E-state index in [1.54, 1.807) is 88.4 Å². The van der Waals surface area contributed by atoms with E-state index >= 15 is 0 Å². The van der Waals surface area contributed by atoms with E-state index < -0.39 is 53.7 Å². The summed E-state index contributed by atoms with van der Waals surface area (Å²) < 4.78 is 61.2. The van der Waals surface area contributed by atoms with Crippen LogP contribution in [-0.2, 0) is 34.6 Å². The Balaban J connectivity index is 1.83. The second kappa shape index (κ2) is 11.3. The molecule has 4 aromatic rings. The molecule has 10 heteroatoms. The van der Waals surface area contributed by atoms with Crippen molar-refractivity contribution in [2.75, 3.05) is 4.90 Å². The predicted molar refractivity (Wildman–Crippen MR) is 168 cm³/mol. The van der Waals surface area contributed by atoms with Crippen LogP contribution in [0.3, 0.4) is 0 Å². The summed E-state index contributed by atoms with van der Waals surface area (Å²) in [5.41, 5.74) is -1.32. The number of carbonyl (C=O) groups excluding carboxylic acids is 2. The standard InChI is InChI=1S/C34H33NO7S2/c1-24-15-11-12-20-27(24)34(28-21-13-14-22-29(28)35(31(34)36)32(37)42-33(2,3)4)23-30(43(38,39)25-16-7-5-8-17-25)44(40,41)26-18-9-6-10-19-26/h5-22,30H,23H2,1-4H3/t34-/m1/s1. The van der Waals surface area contributed by atoms with E-state index in [2.05, 4.69) is 0 Å². The van der Waals surface area contributed by atoms with E-state index in [-0.39, 0.29) is 15.5 Å². The van der Waals surface area contributed by atoms with Crippen molar-refractivity contribution in [2.45, 2.75) is 59.5 Å². The number of benzene rings is 4. The highest BCUT2D eigenvalue weighted by molar-refractivity contribution is 8.09. The Kier molecular flexibility index (Phi) is 8.02. The molecule has 1 heterocycles. The number of fused-ring (bicyclic) bond motifs is 1. The number of hydrogen-bond acceptors (Lipinski definition) is 7. The van der Waals surface area contributed by atoms with Gasteiger partial charge in [0, 0.05) is 6.42 Å². The minimum atomic E-state index is -4.62. The number of para-hydroxylation sites is 1. The minimum absolute atomic E-state index is 0.197. The van der Waals surface area contributed by atoms with Crippen molar-refractivity contribution in [1.29, 1.82) is 0 Å². The quantitative estimate of drug-likeness (QED) is 0.238. The van der Waals surface area contributed by atoms with Gasteiger partial charge in [-0.3, -0.25) is 4.79 Å². The lowest BCUT2D eigenvalue weighted by atomic mass is 9.71. The Hall–Kier alpha value is -4.28. The Labute approximate surface area is 258 Å². The maximum atomic E-state index is 14.9. The number of aryl methyl sites for hydroxylation is 1. The molecule has 1 aliphatic heterocycles. The molecule has 228 valence electrons. The fourth-order valence-corrected chi connectivity index (χ4v) is 10.3. The fourth-order valence-electron chi connectivity index (χ4n) is 5.71. The van der Waals surface area contributed by atoms with Crippen LogP contribution in [0, 0.1) is 6.92 Å². The smallest absolute Gasteiger partial charge is 0.421 e. The molecule has 0 saturated heterocycles. The largest absolute Gasteiger partial charge is 0.443 e. The van der Waals surface area contributed by atoms with Gasteiger partial charge in [-0.2, -0.15) is 0 Å². The van der Waals surface area contributed by atoms with Crippen LogP contribution in [0.25, 0.3) is 0 Å². The molecule has 0 aromatic heterocycles. The van der Waals surface area contributed by atoms with E-state index in [9.17, 15) is 26.4 Å². The van der Waals surface area contributed by atoms with Gasteiger partial charge in [-0.05, 0) is 74.7 Å². The van der Waals surface area contributed by atoms with Crippen LogP contribution in [0.2, 0.25) is 0 Å². The number of amides is 2. The number of nitrogens with zero attached hydrogens (tertiary/aromatic N) is 1. The molecule has 0 bridgehead atoms. The van der Waals surface area contributed by atoms with Gasteiger partial charge in [0.2, 0.25) is 0 Å².